The molecule has 0 saturated heterocycles. The van der Waals surface area contributed by atoms with Crippen molar-refractivity contribution in [1.29, 1.82) is 0 Å². The Balaban J connectivity index is 2.22. The third-order valence-electron chi connectivity index (χ3n) is 2.85. The molecule has 2 aromatic carbocycles. The van der Waals surface area contributed by atoms with Crippen molar-refractivity contribution in [3.05, 3.63) is 71.3 Å². The molecule has 0 aromatic heterocycles. The van der Waals surface area contributed by atoms with Crippen LogP contribution >= 0.6 is 0 Å². The van der Waals surface area contributed by atoms with Crippen molar-refractivity contribution in [2.45, 2.75) is 6.18 Å². The first-order chi connectivity index (χ1) is 9.41. The van der Waals surface area contributed by atoms with Gasteiger partial charge in [-0.05, 0) is 35.4 Å². The van der Waals surface area contributed by atoms with Gasteiger partial charge in [0.05, 0.1) is 12.7 Å². The Morgan fingerprint density at radius 3 is 1.75 bits per heavy atom. The van der Waals surface area contributed by atoms with Crippen LogP contribution in [0.5, 0.6) is 5.75 Å². The lowest BCUT2D eigenvalue weighted by Gasteiger charge is -2.12. The van der Waals surface area contributed by atoms with E-state index in [-0.39, 0.29) is 6.10 Å². The molecule has 0 aliphatic heterocycles. The Morgan fingerprint density at radius 2 is 1.35 bits per heavy atom. The van der Waals surface area contributed by atoms with E-state index in [0.717, 1.165) is 12.1 Å². The average molecular weight is 281 g/mol. The van der Waals surface area contributed by atoms with Crippen LogP contribution in [0.2, 0.25) is 0 Å². The summed E-state index contributed by atoms with van der Waals surface area (Å²) in [4.78, 5) is 0. The van der Waals surface area contributed by atoms with Crippen LogP contribution in [-0.4, -0.2) is 12.2 Å². The van der Waals surface area contributed by atoms with Crippen LogP contribution in [0.15, 0.2) is 48.5 Å². The van der Waals surface area contributed by atoms with Crippen molar-refractivity contribution >= 4 is 0 Å². The molecule has 5 heteroatoms. The van der Waals surface area contributed by atoms with Gasteiger partial charge in [-0.25, -0.2) is 0 Å². The fraction of sp³-hybridized carbons (Fsp3) is 0.133. The normalized spacial score (nSPS) is 11.7. The Bertz CT molecular complexity index is 559. The van der Waals surface area contributed by atoms with Crippen LogP contribution in [0.4, 0.5) is 13.2 Å². The van der Waals surface area contributed by atoms with E-state index in [1.165, 1.54) is 19.2 Å². The molecule has 0 unspecified atom stereocenters. The number of rotatable bonds is 3. The van der Waals surface area contributed by atoms with Crippen LogP contribution in [0.25, 0.3) is 0 Å². The largest absolute Gasteiger partial charge is 0.497 e. The Hall–Kier alpha value is -2.01. The first-order valence-electron chi connectivity index (χ1n) is 5.80. The fourth-order valence-electron chi connectivity index (χ4n) is 1.73. The van der Waals surface area contributed by atoms with Crippen LogP contribution < -0.4 is 4.74 Å². The number of alkyl halides is 3. The maximum Gasteiger partial charge on any atom is 0.416 e. The van der Waals surface area contributed by atoms with Crippen molar-refractivity contribution in [2.24, 2.45) is 0 Å². The van der Waals surface area contributed by atoms with Gasteiger partial charge in [-0.2, -0.15) is 13.2 Å². The summed E-state index contributed by atoms with van der Waals surface area (Å²) >= 11 is 0. The van der Waals surface area contributed by atoms with Crippen molar-refractivity contribution in [3.63, 3.8) is 0 Å². The van der Waals surface area contributed by atoms with Gasteiger partial charge in [0.15, 0.2) is 6.10 Å². The highest BCUT2D eigenvalue weighted by Crippen LogP contribution is 2.31. The van der Waals surface area contributed by atoms with E-state index in [1.54, 1.807) is 24.3 Å². The zero-order chi connectivity index (χ0) is 14.8. The topological polar surface area (TPSA) is 29.5 Å². The van der Waals surface area contributed by atoms with Crippen molar-refractivity contribution < 1.29 is 23.0 Å². The molecule has 105 valence electrons. The maximum absolute atomic E-state index is 12.4. The van der Waals surface area contributed by atoms with E-state index < -0.39 is 11.7 Å². The molecule has 20 heavy (non-hydrogen) atoms. The van der Waals surface area contributed by atoms with E-state index in [0.29, 0.717) is 16.9 Å². The number of aliphatic hydroxyl groups excluding tert-OH is 1. The molecule has 0 fully saturated rings. The second kappa shape index (κ2) is 5.54. The van der Waals surface area contributed by atoms with Gasteiger partial charge in [0.25, 0.3) is 0 Å². The van der Waals surface area contributed by atoms with E-state index in [4.69, 9.17) is 4.74 Å². The van der Waals surface area contributed by atoms with Gasteiger partial charge >= 0.3 is 6.18 Å². The third kappa shape index (κ3) is 3.11. The van der Waals surface area contributed by atoms with E-state index in [1.807, 2.05) is 0 Å². The third-order valence-corrected chi connectivity index (χ3v) is 2.85. The van der Waals surface area contributed by atoms with E-state index >= 15 is 0 Å². The molecule has 0 spiro atoms. The Labute approximate surface area is 114 Å². The van der Waals surface area contributed by atoms with Gasteiger partial charge in [0, 0.05) is 0 Å². The SMILES string of the molecule is COc1ccc([C](O)c2ccc(C(F)(F)F)cc2)cc1. The molecule has 2 rings (SSSR count). The van der Waals surface area contributed by atoms with Crippen molar-refractivity contribution in [3.8, 4) is 5.75 Å². The summed E-state index contributed by atoms with van der Waals surface area (Å²) in [6.45, 7) is 0. The summed E-state index contributed by atoms with van der Waals surface area (Å²) in [5.41, 5.74) is 0.0810. The number of hydrogen-bond acceptors (Lipinski definition) is 2. The highest BCUT2D eigenvalue weighted by atomic mass is 19.4. The van der Waals surface area contributed by atoms with E-state index in [2.05, 4.69) is 0 Å². The van der Waals surface area contributed by atoms with Gasteiger partial charge in [0.2, 0.25) is 0 Å². The molecule has 2 nitrogen and oxygen atoms in total. The summed E-state index contributed by atoms with van der Waals surface area (Å²) < 4.78 is 42.3. The Kier molecular flexibility index (Phi) is 3.99. The maximum atomic E-state index is 12.4. The van der Waals surface area contributed by atoms with Crippen LogP contribution in [0.3, 0.4) is 0 Å². The zero-order valence-electron chi connectivity index (χ0n) is 10.6. The molecule has 0 amide bonds. The molecular formula is C15H12F3O2. The summed E-state index contributed by atoms with van der Waals surface area (Å²) in [5, 5.41) is 10.0. The minimum atomic E-state index is -4.38. The molecular weight excluding hydrogens is 269 g/mol. The first kappa shape index (κ1) is 14.4. The standard InChI is InChI=1S/C15H12F3O2/c1-20-13-8-4-11(5-9-13)14(19)10-2-6-12(7-3-10)15(16,17)18/h2-9,19H,1H3. The number of methoxy groups -OCH3 is 1. The van der Waals surface area contributed by atoms with Crippen molar-refractivity contribution in [2.75, 3.05) is 7.11 Å². The lowest BCUT2D eigenvalue weighted by molar-refractivity contribution is -0.137. The lowest BCUT2D eigenvalue weighted by Crippen LogP contribution is -2.06. The number of aliphatic hydroxyl groups is 1. The molecule has 1 N–H and O–H groups in total. The molecule has 0 aliphatic rings. The smallest absolute Gasteiger partial charge is 0.416 e. The van der Waals surface area contributed by atoms with Gasteiger partial charge in [-0.3, -0.25) is 0 Å². The van der Waals surface area contributed by atoms with Gasteiger partial charge in [0.1, 0.15) is 5.75 Å². The number of halogens is 3. The summed E-state index contributed by atoms with van der Waals surface area (Å²) in [5.74, 6) is 0.633. The summed E-state index contributed by atoms with van der Waals surface area (Å²) in [7, 11) is 1.52. The lowest BCUT2D eigenvalue weighted by atomic mass is 10.0. The monoisotopic (exact) mass is 281 g/mol. The molecule has 2 aromatic rings. The molecule has 0 saturated carbocycles. The van der Waals surface area contributed by atoms with Crippen molar-refractivity contribution in [1.82, 2.24) is 0 Å². The fourth-order valence-corrected chi connectivity index (χ4v) is 1.73. The van der Waals surface area contributed by atoms with Crippen LogP contribution in [-0.2, 0) is 6.18 Å². The zero-order valence-corrected chi connectivity index (χ0v) is 10.6. The molecule has 0 aliphatic carbocycles. The highest BCUT2D eigenvalue weighted by Gasteiger charge is 2.30. The number of benzene rings is 2. The van der Waals surface area contributed by atoms with Gasteiger partial charge in [-0.15, -0.1) is 0 Å². The van der Waals surface area contributed by atoms with Gasteiger partial charge < -0.3 is 9.84 Å². The Morgan fingerprint density at radius 1 is 0.900 bits per heavy atom. The second-order valence-electron chi connectivity index (χ2n) is 4.15. The first-order valence-corrected chi connectivity index (χ1v) is 5.80. The van der Waals surface area contributed by atoms with Crippen LogP contribution in [0, 0.1) is 6.10 Å². The van der Waals surface area contributed by atoms with Crippen LogP contribution in [0.1, 0.15) is 16.7 Å². The highest BCUT2D eigenvalue weighted by molar-refractivity contribution is 5.44. The quantitative estimate of drug-likeness (QED) is 0.921. The second-order valence-corrected chi connectivity index (χ2v) is 4.15. The molecule has 0 heterocycles. The minimum Gasteiger partial charge on any atom is -0.497 e. The average Bonchev–Trinajstić information content (AvgIpc) is 2.46. The summed E-state index contributed by atoms with van der Waals surface area (Å²) in [6, 6.07) is 10.9. The number of hydrogen-bond donors (Lipinski definition) is 1. The summed E-state index contributed by atoms with van der Waals surface area (Å²) in [6.07, 6.45) is -4.46. The molecule has 1 radical (unpaired) electrons. The predicted octanol–water partition coefficient (Wildman–Crippen LogP) is 4.01. The minimum absolute atomic E-state index is 0.0821. The molecule has 0 atom stereocenters. The predicted molar refractivity (Wildman–Crippen MR) is 67.8 cm³/mol. The van der Waals surface area contributed by atoms with Gasteiger partial charge in [-0.1, -0.05) is 24.3 Å². The number of ether oxygens (including phenoxy) is 1. The van der Waals surface area contributed by atoms with E-state index in [9.17, 15) is 18.3 Å². The molecule has 0 bridgehead atoms.